The molecule has 0 radical (unpaired) electrons. The van der Waals surface area contributed by atoms with Gasteiger partial charge in [-0.15, -0.1) is 10.2 Å². The van der Waals surface area contributed by atoms with Gasteiger partial charge in [-0.2, -0.15) is 0 Å². The van der Waals surface area contributed by atoms with Crippen molar-refractivity contribution in [1.29, 1.82) is 0 Å². The molecule has 18 heavy (non-hydrogen) atoms. The maximum atomic E-state index is 6.15. The van der Waals surface area contributed by atoms with Crippen LogP contribution in [0.15, 0.2) is 6.07 Å². The van der Waals surface area contributed by atoms with E-state index in [-0.39, 0.29) is 0 Å². The first-order valence-corrected chi connectivity index (χ1v) is 7.01. The molecule has 1 atom stereocenters. The number of hydrogen-bond acceptors (Lipinski definition) is 4. The van der Waals surface area contributed by atoms with E-state index in [1.54, 1.807) is 0 Å². The maximum Gasteiger partial charge on any atom is 0.175 e. The van der Waals surface area contributed by atoms with Gasteiger partial charge in [0.15, 0.2) is 10.3 Å². The van der Waals surface area contributed by atoms with Crippen LogP contribution in [-0.4, -0.2) is 47.8 Å². The topological polar surface area (TPSA) is 32.3 Å². The molecular weight excluding hydrogens is 271 g/mol. The molecule has 1 fully saturated rings. The number of rotatable bonds is 2. The Labute approximate surface area is 118 Å². The first kappa shape index (κ1) is 13.8. The Morgan fingerprint density at radius 1 is 1.33 bits per heavy atom. The standard InChI is InChI=1S/C12H18Cl2N4/c1-3-9-8-17(2)5-4-6-18(9)10-7-11(13)15-16-12(10)14/h7,9H,3-6,8H2,1-2H3. The molecule has 2 rings (SSSR count). The van der Waals surface area contributed by atoms with Crippen LogP contribution in [0.2, 0.25) is 10.3 Å². The van der Waals surface area contributed by atoms with Crippen LogP contribution in [-0.2, 0) is 0 Å². The fourth-order valence-electron chi connectivity index (χ4n) is 2.46. The highest BCUT2D eigenvalue weighted by atomic mass is 35.5. The fourth-order valence-corrected chi connectivity index (χ4v) is 2.80. The highest BCUT2D eigenvalue weighted by Gasteiger charge is 2.24. The summed E-state index contributed by atoms with van der Waals surface area (Å²) in [5.74, 6) is 0. The number of nitrogens with zero attached hydrogens (tertiary/aromatic N) is 4. The Morgan fingerprint density at radius 2 is 2.11 bits per heavy atom. The zero-order chi connectivity index (χ0) is 13.1. The molecule has 1 aromatic rings. The quantitative estimate of drug-likeness (QED) is 0.838. The number of likely N-dealkylation sites (N-methyl/N-ethyl adjacent to an activating group) is 1. The number of halogens is 2. The van der Waals surface area contributed by atoms with Crippen molar-refractivity contribution in [1.82, 2.24) is 15.1 Å². The van der Waals surface area contributed by atoms with Gasteiger partial charge in [0.1, 0.15) is 0 Å². The van der Waals surface area contributed by atoms with E-state index in [4.69, 9.17) is 23.2 Å². The third kappa shape index (κ3) is 3.05. The second kappa shape index (κ2) is 6.04. The average Bonchev–Trinajstić information content (AvgIpc) is 2.53. The van der Waals surface area contributed by atoms with Crippen LogP contribution in [0.1, 0.15) is 19.8 Å². The summed E-state index contributed by atoms with van der Waals surface area (Å²) in [6.07, 6.45) is 2.18. The largest absolute Gasteiger partial charge is 0.365 e. The molecule has 0 bridgehead atoms. The molecule has 0 aliphatic carbocycles. The molecule has 0 aromatic carbocycles. The molecule has 0 N–H and O–H groups in total. The van der Waals surface area contributed by atoms with E-state index in [1.165, 1.54) is 0 Å². The zero-order valence-corrected chi connectivity index (χ0v) is 12.2. The van der Waals surface area contributed by atoms with Gasteiger partial charge in [-0.3, -0.25) is 0 Å². The predicted molar refractivity (Wildman–Crippen MR) is 75.6 cm³/mol. The van der Waals surface area contributed by atoms with Crippen LogP contribution in [0.25, 0.3) is 0 Å². The Hall–Kier alpha value is -0.580. The first-order valence-electron chi connectivity index (χ1n) is 6.25. The van der Waals surface area contributed by atoms with E-state index in [0.717, 1.165) is 38.2 Å². The number of aromatic nitrogens is 2. The van der Waals surface area contributed by atoms with E-state index in [9.17, 15) is 0 Å². The Morgan fingerprint density at radius 3 is 2.83 bits per heavy atom. The van der Waals surface area contributed by atoms with Gasteiger partial charge >= 0.3 is 0 Å². The average molecular weight is 289 g/mol. The van der Waals surface area contributed by atoms with Crippen molar-refractivity contribution < 1.29 is 0 Å². The molecule has 0 saturated carbocycles. The van der Waals surface area contributed by atoms with Gasteiger partial charge in [-0.05, 0) is 26.4 Å². The number of hydrogen-bond donors (Lipinski definition) is 0. The summed E-state index contributed by atoms with van der Waals surface area (Å²) in [5, 5.41) is 8.49. The van der Waals surface area contributed by atoms with E-state index >= 15 is 0 Å². The summed E-state index contributed by atoms with van der Waals surface area (Å²) >= 11 is 12.1. The highest BCUT2D eigenvalue weighted by molar-refractivity contribution is 6.33. The lowest BCUT2D eigenvalue weighted by Crippen LogP contribution is -2.40. The molecule has 0 spiro atoms. The molecule has 1 saturated heterocycles. The molecule has 100 valence electrons. The summed E-state index contributed by atoms with van der Waals surface area (Å²) in [7, 11) is 2.16. The molecule has 1 aromatic heterocycles. The summed E-state index contributed by atoms with van der Waals surface area (Å²) < 4.78 is 0. The molecular formula is C12H18Cl2N4. The van der Waals surface area contributed by atoms with Crippen LogP contribution in [0, 0.1) is 0 Å². The van der Waals surface area contributed by atoms with Crippen molar-refractivity contribution in [3.63, 3.8) is 0 Å². The minimum absolute atomic E-state index is 0.391. The van der Waals surface area contributed by atoms with Crippen molar-refractivity contribution in [3.05, 3.63) is 16.4 Å². The molecule has 6 heteroatoms. The summed E-state index contributed by atoms with van der Waals surface area (Å²) in [4.78, 5) is 4.67. The Kier molecular flexibility index (Phi) is 4.65. The lowest BCUT2D eigenvalue weighted by molar-refractivity contribution is 0.328. The van der Waals surface area contributed by atoms with Crippen LogP contribution < -0.4 is 4.90 Å². The van der Waals surface area contributed by atoms with Crippen LogP contribution in [0.4, 0.5) is 5.69 Å². The second-order valence-electron chi connectivity index (χ2n) is 4.71. The van der Waals surface area contributed by atoms with Gasteiger partial charge in [-0.25, -0.2) is 0 Å². The summed E-state index contributed by atoms with van der Waals surface area (Å²) in [6.45, 7) is 5.31. The van der Waals surface area contributed by atoms with Crippen LogP contribution in [0.3, 0.4) is 0 Å². The third-order valence-electron chi connectivity index (χ3n) is 3.38. The smallest absolute Gasteiger partial charge is 0.175 e. The number of anilines is 1. The highest BCUT2D eigenvalue weighted by Crippen LogP contribution is 2.29. The molecule has 2 heterocycles. The van der Waals surface area contributed by atoms with Gasteiger partial charge < -0.3 is 9.80 Å². The minimum Gasteiger partial charge on any atom is -0.365 e. The van der Waals surface area contributed by atoms with E-state index in [1.807, 2.05) is 6.07 Å². The molecule has 1 unspecified atom stereocenters. The Bertz CT molecular complexity index is 413. The van der Waals surface area contributed by atoms with E-state index in [2.05, 4.69) is 34.0 Å². The van der Waals surface area contributed by atoms with Gasteiger partial charge in [0.2, 0.25) is 0 Å². The maximum absolute atomic E-state index is 6.15. The first-order chi connectivity index (χ1) is 8.61. The molecule has 0 amide bonds. The van der Waals surface area contributed by atoms with Crippen molar-refractivity contribution in [2.24, 2.45) is 0 Å². The van der Waals surface area contributed by atoms with Gasteiger partial charge in [0.05, 0.1) is 5.69 Å². The second-order valence-corrected chi connectivity index (χ2v) is 5.46. The van der Waals surface area contributed by atoms with Gasteiger partial charge in [0, 0.05) is 25.2 Å². The summed E-state index contributed by atoms with van der Waals surface area (Å²) in [6, 6.07) is 2.25. The zero-order valence-electron chi connectivity index (χ0n) is 10.7. The lowest BCUT2D eigenvalue weighted by Gasteiger charge is -2.32. The van der Waals surface area contributed by atoms with Crippen LogP contribution >= 0.6 is 23.2 Å². The minimum atomic E-state index is 0.391. The third-order valence-corrected chi connectivity index (χ3v) is 3.84. The molecule has 4 nitrogen and oxygen atoms in total. The van der Waals surface area contributed by atoms with Crippen LogP contribution in [0.5, 0.6) is 0 Å². The lowest BCUT2D eigenvalue weighted by atomic mass is 10.1. The monoisotopic (exact) mass is 288 g/mol. The Balaban J connectivity index is 2.31. The van der Waals surface area contributed by atoms with Crippen molar-refractivity contribution >= 4 is 28.9 Å². The fraction of sp³-hybridized carbons (Fsp3) is 0.667. The van der Waals surface area contributed by atoms with Crippen molar-refractivity contribution in [2.75, 3.05) is 31.6 Å². The summed E-state index contributed by atoms with van der Waals surface area (Å²) in [5.41, 5.74) is 0.902. The molecule has 1 aliphatic heterocycles. The predicted octanol–water partition coefficient (Wildman–Crippen LogP) is 2.70. The van der Waals surface area contributed by atoms with E-state index in [0.29, 0.717) is 16.3 Å². The van der Waals surface area contributed by atoms with E-state index < -0.39 is 0 Å². The van der Waals surface area contributed by atoms with Crippen molar-refractivity contribution in [2.45, 2.75) is 25.8 Å². The SMILES string of the molecule is CCC1CN(C)CCCN1c1cc(Cl)nnc1Cl. The molecule has 1 aliphatic rings. The normalized spacial score (nSPS) is 22.0. The van der Waals surface area contributed by atoms with Crippen molar-refractivity contribution in [3.8, 4) is 0 Å². The van der Waals surface area contributed by atoms with Gasteiger partial charge in [-0.1, -0.05) is 30.1 Å². The van der Waals surface area contributed by atoms with Gasteiger partial charge in [0.25, 0.3) is 0 Å².